The Hall–Kier alpha value is -2.28. The molecule has 0 spiro atoms. The fraction of sp³-hybridized carbons (Fsp3) is 0.0588. The van der Waals surface area contributed by atoms with Gasteiger partial charge < -0.3 is 0 Å². The first-order valence-electron chi connectivity index (χ1n) is 7.16. The summed E-state index contributed by atoms with van der Waals surface area (Å²) in [5.41, 5.74) is 2.28. The number of rotatable bonds is 5. The lowest BCUT2D eigenvalue weighted by Crippen LogP contribution is -2.23. The van der Waals surface area contributed by atoms with Crippen LogP contribution in [0.5, 0.6) is 0 Å². The summed E-state index contributed by atoms with van der Waals surface area (Å²) in [5.74, 6) is 0. The molecule has 24 heavy (non-hydrogen) atoms. The molecule has 0 aliphatic carbocycles. The van der Waals surface area contributed by atoms with Crippen LogP contribution in [0.15, 0.2) is 72.0 Å². The molecule has 3 rings (SSSR count). The fourth-order valence-corrected chi connectivity index (χ4v) is 3.54. The Morgan fingerprint density at radius 2 is 1.88 bits per heavy atom. The van der Waals surface area contributed by atoms with Gasteiger partial charge in [-0.25, -0.2) is 13.1 Å². The summed E-state index contributed by atoms with van der Waals surface area (Å²) in [6.45, 7) is 0.118. The highest BCUT2D eigenvalue weighted by atomic mass is 35.5. The van der Waals surface area contributed by atoms with E-state index in [-0.39, 0.29) is 11.4 Å². The van der Waals surface area contributed by atoms with Crippen molar-refractivity contribution in [2.75, 3.05) is 0 Å². The van der Waals surface area contributed by atoms with Gasteiger partial charge in [-0.2, -0.15) is 0 Å². The summed E-state index contributed by atoms with van der Waals surface area (Å²) in [5, 5.41) is 0.371. The van der Waals surface area contributed by atoms with Crippen molar-refractivity contribution >= 4 is 21.6 Å². The van der Waals surface area contributed by atoms with Gasteiger partial charge in [0, 0.05) is 35.7 Å². The Bertz CT molecular complexity index is 947. The zero-order valence-electron chi connectivity index (χ0n) is 12.6. The van der Waals surface area contributed by atoms with Crippen LogP contribution in [-0.4, -0.2) is 18.4 Å². The molecule has 7 heteroatoms. The SMILES string of the molecule is O=S(=O)(NCc1cccnc1-c1cccnc1)c1cccc(Cl)c1. The third-order valence-corrected chi connectivity index (χ3v) is 5.02. The quantitative estimate of drug-likeness (QED) is 0.758. The number of halogens is 1. The van der Waals surface area contributed by atoms with Crippen molar-refractivity contribution in [3.05, 3.63) is 77.7 Å². The Morgan fingerprint density at radius 3 is 2.62 bits per heavy atom. The topological polar surface area (TPSA) is 72.0 Å². The molecule has 1 N–H and O–H groups in total. The van der Waals surface area contributed by atoms with Gasteiger partial charge in [-0.05, 0) is 42.0 Å². The van der Waals surface area contributed by atoms with E-state index in [0.717, 1.165) is 11.1 Å². The highest BCUT2D eigenvalue weighted by Crippen LogP contribution is 2.21. The Balaban J connectivity index is 1.85. The molecule has 0 aliphatic heterocycles. The molecule has 0 unspecified atom stereocenters. The molecule has 1 aromatic carbocycles. The van der Waals surface area contributed by atoms with Crippen LogP contribution < -0.4 is 4.72 Å². The number of hydrogen-bond acceptors (Lipinski definition) is 4. The van der Waals surface area contributed by atoms with E-state index in [4.69, 9.17) is 11.6 Å². The minimum atomic E-state index is -3.66. The van der Waals surface area contributed by atoms with E-state index in [0.29, 0.717) is 10.7 Å². The first kappa shape index (κ1) is 16.6. The number of hydrogen-bond donors (Lipinski definition) is 1. The van der Waals surface area contributed by atoms with Crippen molar-refractivity contribution in [3.63, 3.8) is 0 Å². The van der Waals surface area contributed by atoms with Crippen molar-refractivity contribution < 1.29 is 8.42 Å². The van der Waals surface area contributed by atoms with Crippen LogP contribution in [-0.2, 0) is 16.6 Å². The number of nitrogens with zero attached hydrogens (tertiary/aromatic N) is 2. The second kappa shape index (κ2) is 7.09. The van der Waals surface area contributed by atoms with E-state index in [2.05, 4.69) is 14.7 Å². The zero-order valence-corrected chi connectivity index (χ0v) is 14.1. The first-order valence-corrected chi connectivity index (χ1v) is 9.02. The second-order valence-electron chi connectivity index (χ2n) is 5.03. The number of sulfonamides is 1. The minimum Gasteiger partial charge on any atom is -0.264 e. The van der Waals surface area contributed by atoms with E-state index < -0.39 is 10.0 Å². The van der Waals surface area contributed by atoms with Gasteiger partial charge in [-0.1, -0.05) is 23.7 Å². The summed E-state index contributed by atoms with van der Waals surface area (Å²) in [6, 6.07) is 13.4. The van der Waals surface area contributed by atoms with E-state index in [1.165, 1.54) is 12.1 Å². The van der Waals surface area contributed by atoms with Crippen LogP contribution in [0.4, 0.5) is 0 Å². The van der Waals surface area contributed by atoms with Gasteiger partial charge >= 0.3 is 0 Å². The van der Waals surface area contributed by atoms with Gasteiger partial charge in [-0.15, -0.1) is 0 Å². The Labute approximate surface area is 145 Å². The predicted molar refractivity (Wildman–Crippen MR) is 92.9 cm³/mol. The summed E-state index contributed by atoms with van der Waals surface area (Å²) >= 11 is 5.86. The summed E-state index contributed by atoms with van der Waals surface area (Å²) in [4.78, 5) is 8.54. The molecule has 5 nitrogen and oxygen atoms in total. The van der Waals surface area contributed by atoms with Crippen LogP contribution in [0.2, 0.25) is 5.02 Å². The molecule has 122 valence electrons. The molecule has 3 aromatic rings. The lowest BCUT2D eigenvalue weighted by molar-refractivity contribution is 0.581. The maximum Gasteiger partial charge on any atom is 0.240 e. The maximum absolute atomic E-state index is 12.4. The highest BCUT2D eigenvalue weighted by Gasteiger charge is 2.15. The molecule has 0 saturated carbocycles. The number of pyridine rings is 2. The lowest BCUT2D eigenvalue weighted by Gasteiger charge is -2.10. The Morgan fingerprint density at radius 1 is 1.04 bits per heavy atom. The predicted octanol–water partition coefficient (Wildman–Crippen LogP) is 3.28. The number of benzene rings is 1. The van der Waals surface area contributed by atoms with Gasteiger partial charge in [0.1, 0.15) is 0 Å². The third kappa shape index (κ3) is 3.79. The van der Waals surface area contributed by atoms with Gasteiger partial charge in [0.05, 0.1) is 10.6 Å². The third-order valence-electron chi connectivity index (χ3n) is 3.39. The molecule has 0 radical (unpaired) electrons. The average molecular weight is 360 g/mol. The van der Waals surface area contributed by atoms with Gasteiger partial charge in [0.15, 0.2) is 0 Å². The molecule has 0 fully saturated rings. The van der Waals surface area contributed by atoms with Crippen LogP contribution >= 0.6 is 11.6 Å². The largest absolute Gasteiger partial charge is 0.264 e. The van der Waals surface area contributed by atoms with Crippen molar-refractivity contribution in [3.8, 4) is 11.3 Å². The minimum absolute atomic E-state index is 0.118. The normalized spacial score (nSPS) is 11.4. The van der Waals surface area contributed by atoms with E-state index >= 15 is 0 Å². The zero-order chi connectivity index (χ0) is 17.0. The fourth-order valence-electron chi connectivity index (χ4n) is 2.23. The van der Waals surface area contributed by atoms with E-state index in [9.17, 15) is 8.42 Å². The van der Waals surface area contributed by atoms with Crippen LogP contribution in [0.3, 0.4) is 0 Å². The second-order valence-corrected chi connectivity index (χ2v) is 7.24. The molecule has 2 aromatic heterocycles. The summed E-state index contributed by atoms with van der Waals surface area (Å²) in [6.07, 6.45) is 5.03. The maximum atomic E-state index is 12.4. The van der Waals surface area contributed by atoms with Gasteiger partial charge in [0.2, 0.25) is 10.0 Å². The molecule has 0 saturated heterocycles. The highest BCUT2D eigenvalue weighted by molar-refractivity contribution is 7.89. The summed E-state index contributed by atoms with van der Waals surface area (Å²) < 4.78 is 27.4. The summed E-state index contributed by atoms with van der Waals surface area (Å²) in [7, 11) is -3.66. The van der Waals surface area contributed by atoms with Gasteiger partial charge in [-0.3, -0.25) is 9.97 Å². The molecule has 0 aliphatic rings. The molecular formula is C17H14ClN3O2S. The van der Waals surface area contributed by atoms with Gasteiger partial charge in [0.25, 0.3) is 0 Å². The van der Waals surface area contributed by atoms with Crippen molar-refractivity contribution in [1.82, 2.24) is 14.7 Å². The van der Waals surface area contributed by atoms with Crippen LogP contribution in [0, 0.1) is 0 Å². The molecule has 0 atom stereocenters. The monoisotopic (exact) mass is 359 g/mol. The lowest BCUT2D eigenvalue weighted by atomic mass is 10.1. The molecule has 2 heterocycles. The van der Waals surface area contributed by atoms with Crippen molar-refractivity contribution in [2.45, 2.75) is 11.4 Å². The van der Waals surface area contributed by atoms with E-state index in [1.54, 1.807) is 36.8 Å². The first-order chi connectivity index (χ1) is 11.6. The standard InChI is InChI=1S/C17H14ClN3O2S/c18-15-6-1-7-16(10-15)24(22,23)21-12-14-5-3-9-20-17(14)13-4-2-8-19-11-13/h1-11,21H,12H2. The Kier molecular flexibility index (Phi) is 4.89. The van der Waals surface area contributed by atoms with Crippen molar-refractivity contribution in [2.24, 2.45) is 0 Å². The number of aromatic nitrogens is 2. The average Bonchev–Trinajstić information content (AvgIpc) is 2.61. The van der Waals surface area contributed by atoms with E-state index in [1.807, 2.05) is 18.2 Å². The molecule has 0 bridgehead atoms. The van der Waals surface area contributed by atoms with Crippen molar-refractivity contribution in [1.29, 1.82) is 0 Å². The van der Waals surface area contributed by atoms with Crippen LogP contribution in [0.25, 0.3) is 11.3 Å². The molecule has 0 amide bonds. The number of nitrogens with one attached hydrogen (secondary N) is 1. The van der Waals surface area contributed by atoms with Crippen LogP contribution in [0.1, 0.15) is 5.56 Å². The molecular weight excluding hydrogens is 346 g/mol. The smallest absolute Gasteiger partial charge is 0.240 e.